The van der Waals surface area contributed by atoms with Gasteiger partial charge in [0, 0.05) is 42.7 Å². The maximum Gasteiger partial charge on any atom is 0.0223 e. The summed E-state index contributed by atoms with van der Waals surface area (Å²) in [6.45, 7) is 10.2. The molecule has 0 saturated carbocycles. The van der Waals surface area contributed by atoms with Crippen molar-refractivity contribution >= 4 is 11.8 Å². The Morgan fingerprint density at radius 3 is 2.80 bits per heavy atom. The number of nitrogens with zero attached hydrogens (tertiary/aromatic N) is 2. The second kappa shape index (κ2) is 7.48. The zero-order chi connectivity index (χ0) is 13.8. The largest absolute Gasteiger partial charge is 0.317 e. The first-order valence-electron chi connectivity index (χ1n) is 8.63. The van der Waals surface area contributed by atoms with Gasteiger partial charge in [-0.05, 0) is 52.2 Å². The van der Waals surface area contributed by atoms with E-state index in [1.165, 1.54) is 77.1 Å². The highest BCUT2D eigenvalue weighted by molar-refractivity contribution is 7.99. The standard InChI is InChI=1S/C16H31N3S/c1-14-12-19-9-3-2-4-15(19)13-18(14)10-11-20-16-5-7-17-8-6-16/h14-17H,2-13H2,1H3. The zero-order valence-corrected chi connectivity index (χ0v) is 13.8. The molecule has 116 valence electrons. The van der Waals surface area contributed by atoms with E-state index < -0.39 is 0 Å². The second-order valence-electron chi connectivity index (χ2n) is 6.81. The minimum Gasteiger partial charge on any atom is -0.317 e. The molecule has 3 fully saturated rings. The molecule has 3 saturated heterocycles. The molecule has 3 nitrogen and oxygen atoms in total. The monoisotopic (exact) mass is 297 g/mol. The van der Waals surface area contributed by atoms with Crippen molar-refractivity contribution < 1.29 is 0 Å². The van der Waals surface area contributed by atoms with Crippen LogP contribution in [0.5, 0.6) is 0 Å². The molecular weight excluding hydrogens is 266 g/mol. The summed E-state index contributed by atoms with van der Waals surface area (Å²) >= 11 is 2.23. The number of hydrogen-bond donors (Lipinski definition) is 1. The van der Waals surface area contributed by atoms with Crippen LogP contribution in [0, 0.1) is 0 Å². The van der Waals surface area contributed by atoms with Gasteiger partial charge < -0.3 is 5.32 Å². The first-order valence-corrected chi connectivity index (χ1v) is 9.68. The summed E-state index contributed by atoms with van der Waals surface area (Å²) in [6, 6.07) is 1.63. The minimum absolute atomic E-state index is 0.762. The zero-order valence-electron chi connectivity index (χ0n) is 13.0. The molecule has 3 rings (SSSR count). The summed E-state index contributed by atoms with van der Waals surface area (Å²) < 4.78 is 0. The van der Waals surface area contributed by atoms with Crippen molar-refractivity contribution in [2.45, 2.75) is 56.4 Å². The highest BCUT2D eigenvalue weighted by Gasteiger charge is 2.32. The molecule has 3 aliphatic heterocycles. The number of rotatable bonds is 4. The quantitative estimate of drug-likeness (QED) is 0.855. The molecule has 0 bridgehead atoms. The van der Waals surface area contributed by atoms with E-state index in [1.807, 2.05) is 0 Å². The summed E-state index contributed by atoms with van der Waals surface area (Å²) in [5.74, 6) is 1.34. The van der Waals surface area contributed by atoms with Gasteiger partial charge in [-0.25, -0.2) is 0 Å². The Bertz CT molecular complexity index is 293. The predicted molar refractivity (Wildman–Crippen MR) is 88.6 cm³/mol. The van der Waals surface area contributed by atoms with Gasteiger partial charge in [-0.15, -0.1) is 0 Å². The third kappa shape index (κ3) is 3.90. The van der Waals surface area contributed by atoms with Gasteiger partial charge >= 0.3 is 0 Å². The Balaban J connectivity index is 1.40. The number of fused-ring (bicyclic) bond motifs is 1. The first-order chi connectivity index (χ1) is 9.83. The van der Waals surface area contributed by atoms with Crippen LogP contribution < -0.4 is 5.32 Å². The Hall–Kier alpha value is 0.230. The minimum atomic E-state index is 0.762. The average molecular weight is 298 g/mol. The van der Waals surface area contributed by atoms with Crippen LogP contribution in [0.2, 0.25) is 0 Å². The van der Waals surface area contributed by atoms with Crippen LogP contribution in [0.15, 0.2) is 0 Å². The van der Waals surface area contributed by atoms with Gasteiger partial charge in [0.25, 0.3) is 0 Å². The Labute approximate surface area is 128 Å². The van der Waals surface area contributed by atoms with E-state index in [2.05, 4.69) is 33.8 Å². The summed E-state index contributed by atoms with van der Waals surface area (Å²) in [4.78, 5) is 5.52. The van der Waals surface area contributed by atoms with Crippen molar-refractivity contribution in [2.24, 2.45) is 0 Å². The van der Waals surface area contributed by atoms with Gasteiger partial charge in [0.15, 0.2) is 0 Å². The molecule has 3 heterocycles. The molecule has 2 unspecified atom stereocenters. The number of piperidine rings is 2. The lowest BCUT2D eigenvalue weighted by Crippen LogP contribution is -2.58. The third-order valence-corrected chi connectivity index (χ3v) is 6.70. The van der Waals surface area contributed by atoms with E-state index in [0.29, 0.717) is 0 Å². The van der Waals surface area contributed by atoms with Crippen LogP contribution >= 0.6 is 11.8 Å². The van der Waals surface area contributed by atoms with Gasteiger partial charge in [-0.2, -0.15) is 11.8 Å². The van der Waals surface area contributed by atoms with Gasteiger partial charge in [-0.1, -0.05) is 6.42 Å². The van der Waals surface area contributed by atoms with Crippen LogP contribution in [-0.2, 0) is 0 Å². The smallest absolute Gasteiger partial charge is 0.0223 e. The molecule has 0 amide bonds. The predicted octanol–water partition coefficient (Wildman–Crippen LogP) is 2.03. The number of hydrogen-bond acceptors (Lipinski definition) is 4. The van der Waals surface area contributed by atoms with Crippen molar-refractivity contribution in [1.82, 2.24) is 15.1 Å². The second-order valence-corrected chi connectivity index (χ2v) is 8.22. The first kappa shape index (κ1) is 15.1. The highest BCUT2D eigenvalue weighted by atomic mass is 32.2. The van der Waals surface area contributed by atoms with Crippen molar-refractivity contribution in [1.29, 1.82) is 0 Å². The topological polar surface area (TPSA) is 18.5 Å². The lowest BCUT2D eigenvalue weighted by Gasteiger charge is -2.47. The van der Waals surface area contributed by atoms with E-state index in [-0.39, 0.29) is 0 Å². The molecule has 0 radical (unpaired) electrons. The van der Waals surface area contributed by atoms with E-state index in [0.717, 1.165) is 17.3 Å². The van der Waals surface area contributed by atoms with Crippen LogP contribution in [0.3, 0.4) is 0 Å². The fourth-order valence-corrected chi connectivity index (χ4v) is 5.27. The number of nitrogens with one attached hydrogen (secondary N) is 1. The molecule has 1 N–H and O–H groups in total. The Morgan fingerprint density at radius 2 is 1.95 bits per heavy atom. The lowest BCUT2D eigenvalue weighted by molar-refractivity contribution is 0.0188. The maximum absolute atomic E-state index is 3.46. The van der Waals surface area contributed by atoms with Crippen LogP contribution in [0.25, 0.3) is 0 Å². The summed E-state index contributed by atoms with van der Waals surface area (Å²) in [5.41, 5.74) is 0. The van der Waals surface area contributed by atoms with Gasteiger partial charge in [0.2, 0.25) is 0 Å². The average Bonchev–Trinajstić information content (AvgIpc) is 2.49. The van der Waals surface area contributed by atoms with E-state index >= 15 is 0 Å². The summed E-state index contributed by atoms with van der Waals surface area (Å²) in [5, 5.41) is 4.38. The molecule has 0 aromatic rings. The molecule has 3 aliphatic rings. The molecule has 2 atom stereocenters. The van der Waals surface area contributed by atoms with Crippen molar-refractivity contribution in [3.05, 3.63) is 0 Å². The SMILES string of the molecule is CC1CN2CCCCC2CN1CCSC1CCNCC1. The van der Waals surface area contributed by atoms with E-state index in [4.69, 9.17) is 0 Å². The summed E-state index contributed by atoms with van der Waals surface area (Å²) in [6.07, 6.45) is 7.06. The van der Waals surface area contributed by atoms with Crippen molar-refractivity contribution in [2.75, 3.05) is 45.0 Å². The fraction of sp³-hybridized carbons (Fsp3) is 1.00. The summed E-state index contributed by atoms with van der Waals surface area (Å²) in [7, 11) is 0. The van der Waals surface area contributed by atoms with Gasteiger partial charge in [0.1, 0.15) is 0 Å². The van der Waals surface area contributed by atoms with Crippen molar-refractivity contribution in [3.8, 4) is 0 Å². The molecule has 0 aliphatic carbocycles. The van der Waals surface area contributed by atoms with Crippen LogP contribution in [0.4, 0.5) is 0 Å². The molecule has 0 spiro atoms. The molecule has 0 aromatic carbocycles. The highest BCUT2D eigenvalue weighted by Crippen LogP contribution is 2.25. The van der Waals surface area contributed by atoms with Gasteiger partial charge in [0.05, 0.1) is 0 Å². The molecule has 4 heteroatoms. The molecule has 0 aromatic heterocycles. The third-order valence-electron chi connectivity index (χ3n) is 5.33. The number of thioether (sulfide) groups is 1. The maximum atomic E-state index is 3.46. The fourth-order valence-electron chi connectivity index (χ4n) is 4.02. The van der Waals surface area contributed by atoms with E-state index in [9.17, 15) is 0 Å². The Kier molecular flexibility index (Phi) is 5.66. The molecular formula is C16H31N3S. The normalized spacial score (nSPS) is 34.0. The van der Waals surface area contributed by atoms with E-state index in [1.54, 1.807) is 0 Å². The van der Waals surface area contributed by atoms with Crippen molar-refractivity contribution in [3.63, 3.8) is 0 Å². The Morgan fingerprint density at radius 1 is 1.10 bits per heavy atom. The lowest BCUT2D eigenvalue weighted by atomic mass is 9.97. The number of piperazine rings is 1. The van der Waals surface area contributed by atoms with Gasteiger partial charge in [-0.3, -0.25) is 9.80 Å². The molecule has 20 heavy (non-hydrogen) atoms. The van der Waals surface area contributed by atoms with Crippen LogP contribution in [0.1, 0.15) is 39.0 Å². The van der Waals surface area contributed by atoms with Crippen LogP contribution in [-0.4, -0.2) is 72.2 Å².